The highest BCUT2D eigenvalue weighted by Gasteiger charge is 2.13. The molecular weight excluding hydrogens is 282 g/mol. The van der Waals surface area contributed by atoms with E-state index in [4.69, 9.17) is 5.73 Å². The van der Waals surface area contributed by atoms with Gasteiger partial charge in [0.25, 0.3) is 0 Å². The smallest absolute Gasteiger partial charge is 0.135 e. The number of anilines is 2. The Morgan fingerprint density at radius 3 is 2.13 bits per heavy atom. The number of pyridine rings is 1. The molecule has 2 aromatic carbocycles. The van der Waals surface area contributed by atoms with Gasteiger partial charge in [0.2, 0.25) is 0 Å². The van der Waals surface area contributed by atoms with Gasteiger partial charge >= 0.3 is 0 Å². The first-order valence-corrected chi connectivity index (χ1v) is 7.72. The molecule has 0 spiro atoms. The molecule has 3 rings (SSSR count). The molecule has 2 N–H and O–H groups in total. The molecule has 0 aliphatic heterocycles. The predicted molar refractivity (Wildman–Crippen MR) is 96.0 cm³/mol. The zero-order valence-corrected chi connectivity index (χ0v) is 13.5. The summed E-state index contributed by atoms with van der Waals surface area (Å²) >= 11 is 0. The Morgan fingerprint density at radius 1 is 0.913 bits per heavy atom. The normalized spacial score (nSPS) is 12.0. The van der Waals surface area contributed by atoms with Crippen LogP contribution in [0.1, 0.15) is 22.7 Å². The molecule has 0 unspecified atom stereocenters. The summed E-state index contributed by atoms with van der Waals surface area (Å²) in [5, 5.41) is 0. The van der Waals surface area contributed by atoms with Crippen LogP contribution in [0.25, 0.3) is 0 Å². The third-order valence-electron chi connectivity index (χ3n) is 4.05. The molecule has 0 fully saturated rings. The summed E-state index contributed by atoms with van der Waals surface area (Å²) in [7, 11) is 2.03. The second-order valence-electron chi connectivity index (χ2n) is 5.69. The van der Waals surface area contributed by atoms with Gasteiger partial charge in [-0.1, -0.05) is 48.5 Å². The molecule has 0 aliphatic carbocycles. The molecule has 3 aromatic rings. The summed E-state index contributed by atoms with van der Waals surface area (Å²) in [4.78, 5) is 6.74. The highest BCUT2D eigenvalue weighted by atomic mass is 15.2. The van der Waals surface area contributed by atoms with Crippen LogP contribution < -0.4 is 10.6 Å². The van der Waals surface area contributed by atoms with E-state index in [1.54, 1.807) is 0 Å². The summed E-state index contributed by atoms with van der Waals surface area (Å²) in [5.74, 6) is 0.945. The van der Waals surface area contributed by atoms with Gasteiger partial charge in [-0.05, 0) is 41.8 Å². The van der Waals surface area contributed by atoms with Crippen LogP contribution in [-0.2, 0) is 0 Å². The SMILES string of the molecule is Cc1cc([C@H](N)c2ccccc2)cnc1N(C)c1ccccc1. The number of nitrogens with two attached hydrogens (primary N) is 1. The highest BCUT2D eigenvalue weighted by Crippen LogP contribution is 2.27. The number of hydrogen-bond donors (Lipinski definition) is 1. The van der Waals surface area contributed by atoms with Gasteiger partial charge in [0.05, 0.1) is 6.04 Å². The molecule has 0 radical (unpaired) electrons. The number of nitrogens with zero attached hydrogens (tertiary/aromatic N) is 2. The standard InChI is InChI=1S/C20H21N3/c1-15-13-17(19(21)16-9-5-3-6-10-16)14-22-20(15)23(2)18-11-7-4-8-12-18/h3-14,19H,21H2,1-2H3/t19-/m1/s1. The number of hydrogen-bond acceptors (Lipinski definition) is 3. The Bertz CT molecular complexity index is 769. The number of rotatable bonds is 4. The Hall–Kier alpha value is -2.65. The van der Waals surface area contributed by atoms with Crippen LogP contribution in [0, 0.1) is 6.92 Å². The Labute approximate surface area is 137 Å². The Kier molecular flexibility index (Phi) is 4.40. The van der Waals surface area contributed by atoms with Crippen LogP contribution in [-0.4, -0.2) is 12.0 Å². The van der Waals surface area contributed by atoms with E-state index in [1.165, 1.54) is 0 Å². The molecule has 23 heavy (non-hydrogen) atoms. The zero-order valence-electron chi connectivity index (χ0n) is 13.5. The van der Waals surface area contributed by atoms with Gasteiger partial charge in [-0.25, -0.2) is 4.98 Å². The van der Waals surface area contributed by atoms with Gasteiger partial charge in [0.15, 0.2) is 0 Å². The average Bonchev–Trinajstić information content (AvgIpc) is 2.62. The van der Waals surface area contributed by atoms with E-state index in [0.29, 0.717) is 0 Å². The van der Waals surface area contributed by atoms with Crippen molar-refractivity contribution in [3.63, 3.8) is 0 Å². The molecule has 0 aliphatic rings. The van der Waals surface area contributed by atoms with Crippen molar-refractivity contribution in [3.05, 3.63) is 89.6 Å². The fourth-order valence-corrected chi connectivity index (χ4v) is 2.74. The van der Waals surface area contributed by atoms with E-state index < -0.39 is 0 Å². The van der Waals surface area contributed by atoms with Crippen molar-refractivity contribution in [2.24, 2.45) is 5.73 Å². The van der Waals surface area contributed by atoms with Gasteiger partial charge in [-0.3, -0.25) is 0 Å². The van der Waals surface area contributed by atoms with Crippen LogP contribution in [0.3, 0.4) is 0 Å². The Balaban J connectivity index is 1.89. The molecule has 0 saturated carbocycles. The summed E-state index contributed by atoms with van der Waals surface area (Å²) in [6.45, 7) is 2.07. The molecule has 0 bridgehead atoms. The van der Waals surface area contributed by atoms with Gasteiger partial charge in [0.1, 0.15) is 5.82 Å². The van der Waals surface area contributed by atoms with Crippen LogP contribution >= 0.6 is 0 Å². The summed E-state index contributed by atoms with van der Waals surface area (Å²) in [5.41, 5.74) is 10.7. The molecular formula is C20H21N3. The summed E-state index contributed by atoms with van der Waals surface area (Å²) in [6.07, 6.45) is 1.87. The lowest BCUT2D eigenvalue weighted by Gasteiger charge is -2.21. The van der Waals surface area contributed by atoms with E-state index in [9.17, 15) is 0 Å². The first-order chi connectivity index (χ1) is 11.2. The first-order valence-electron chi connectivity index (χ1n) is 7.72. The average molecular weight is 303 g/mol. The van der Waals surface area contributed by atoms with Crippen molar-refractivity contribution in [2.75, 3.05) is 11.9 Å². The zero-order chi connectivity index (χ0) is 16.2. The summed E-state index contributed by atoms with van der Waals surface area (Å²) < 4.78 is 0. The minimum atomic E-state index is -0.154. The van der Waals surface area contributed by atoms with Crippen LogP contribution in [0.4, 0.5) is 11.5 Å². The fraction of sp³-hybridized carbons (Fsp3) is 0.150. The van der Waals surface area contributed by atoms with Gasteiger partial charge in [-0.2, -0.15) is 0 Å². The third kappa shape index (κ3) is 3.25. The molecule has 1 aromatic heterocycles. The lowest BCUT2D eigenvalue weighted by molar-refractivity contribution is 0.859. The first kappa shape index (κ1) is 15.3. The van der Waals surface area contributed by atoms with Crippen LogP contribution in [0.5, 0.6) is 0 Å². The third-order valence-corrected chi connectivity index (χ3v) is 4.05. The van der Waals surface area contributed by atoms with E-state index in [1.807, 2.05) is 61.8 Å². The molecule has 1 heterocycles. The van der Waals surface area contributed by atoms with Crippen molar-refractivity contribution < 1.29 is 0 Å². The number of para-hydroxylation sites is 1. The van der Waals surface area contributed by atoms with Crippen LogP contribution in [0.15, 0.2) is 72.9 Å². The van der Waals surface area contributed by atoms with E-state index >= 15 is 0 Å². The lowest BCUT2D eigenvalue weighted by Crippen LogP contribution is -2.16. The molecule has 0 amide bonds. The van der Waals surface area contributed by atoms with E-state index in [2.05, 4.69) is 35.0 Å². The van der Waals surface area contributed by atoms with E-state index in [-0.39, 0.29) is 6.04 Å². The number of aryl methyl sites for hydroxylation is 1. The largest absolute Gasteiger partial charge is 0.329 e. The quantitative estimate of drug-likeness (QED) is 0.785. The van der Waals surface area contributed by atoms with Gasteiger partial charge in [-0.15, -0.1) is 0 Å². The predicted octanol–water partition coefficient (Wildman–Crippen LogP) is 4.21. The van der Waals surface area contributed by atoms with Crippen molar-refractivity contribution in [1.29, 1.82) is 0 Å². The maximum atomic E-state index is 6.37. The molecule has 1 atom stereocenters. The second-order valence-corrected chi connectivity index (χ2v) is 5.69. The minimum Gasteiger partial charge on any atom is -0.329 e. The summed E-state index contributed by atoms with van der Waals surface area (Å²) in [6, 6.07) is 22.3. The minimum absolute atomic E-state index is 0.154. The lowest BCUT2D eigenvalue weighted by atomic mass is 10.00. The maximum Gasteiger partial charge on any atom is 0.135 e. The number of benzene rings is 2. The molecule has 3 nitrogen and oxygen atoms in total. The van der Waals surface area contributed by atoms with E-state index in [0.717, 1.165) is 28.2 Å². The van der Waals surface area contributed by atoms with Crippen LogP contribution in [0.2, 0.25) is 0 Å². The van der Waals surface area contributed by atoms with Gasteiger partial charge in [0, 0.05) is 18.9 Å². The molecule has 116 valence electrons. The fourth-order valence-electron chi connectivity index (χ4n) is 2.74. The molecule has 3 heteroatoms. The topological polar surface area (TPSA) is 42.1 Å². The van der Waals surface area contributed by atoms with Crippen molar-refractivity contribution in [3.8, 4) is 0 Å². The second kappa shape index (κ2) is 6.63. The molecule has 0 saturated heterocycles. The van der Waals surface area contributed by atoms with Crippen molar-refractivity contribution in [2.45, 2.75) is 13.0 Å². The van der Waals surface area contributed by atoms with Gasteiger partial charge < -0.3 is 10.6 Å². The maximum absolute atomic E-state index is 6.37. The monoisotopic (exact) mass is 303 g/mol. The number of aromatic nitrogens is 1. The van der Waals surface area contributed by atoms with Crippen molar-refractivity contribution in [1.82, 2.24) is 4.98 Å². The highest BCUT2D eigenvalue weighted by molar-refractivity contribution is 5.62. The Morgan fingerprint density at radius 2 is 1.52 bits per heavy atom. The van der Waals surface area contributed by atoms with Crippen molar-refractivity contribution >= 4 is 11.5 Å².